The smallest absolute Gasteiger partial charge is 0.307 e. The molecule has 0 aromatic heterocycles. The average molecular weight is 241 g/mol. The van der Waals surface area contributed by atoms with Gasteiger partial charge in [-0.1, -0.05) is 26.2 Å². The first-order chi connectivity index (χ1) is 8.08. The maximum Gasteiger partial charge on any atom is 0.307 e. The van der Waals surface area contributed by atoms with Crippen molar-refractivity contribution in [3.05, 3.63) is 0 Å². The minimum atomic E-state index is -0.249. The highest BCUT2D eigenvalue weighted by atomic mass is 16.5. The Hall–Kier alpha value is -1.06. The van der Waals surface area contributed by atoms with E-state index in [0.717, 1.165) is 25.7 Å². The number of nitrogens with one attached hydrogen (secondary N) is 1. The van der Waals surface area contributed by atoms with Gasteiger partial charge >= 0.3 is 5.97 Å². The molecule has 0 aromatic carbocycles. The number of carbonyl (C=O) groups is 2. The minimum absolute atomic E-state index is 0.0847. The third-order valence-electron chi connectivity index (χ3n) is 3.43. The lowest BCUT2D eigenvalue weighted by Crippen LogP contribution is -2.41. The van der Waals surface area contributed by atoms with Crippen molar-refractivity contribution in [2.45, 2.75) is 52.4 Å². The van der Waals surface area contributed by atoms with Crippen LogP contribution < -0.4 is 5.32 Å². The van der Waals surface area contributed by atoms with Gasteiger partial charge in [-0.2, -0.15) is 0 Å². The molecule has 0 saturated heterocycles. The first-order valence-electron chi connectivity index (χ1n) is 6.52. The second-order valence-corrected chi connectivity index (χ2v) is 4.93. The zero-order valence-corrected chi connectivity index (χ0v) is 10.9. The van der Waals surface area contributed by atoms with Crippen LogP contribution in [0.2, 0.25) is 0 Å². The molecule has 1 N–H and O–H groups in total. The van der Waals surface area contributed by atoms with Crippen LogP contribution in [-0.2, 0) is 14.3 Å². The van der Waals surface area contributed by atoms with E-state index in [1.54, 1.807) is 6.92 Å². The van der Waals surface area contributed by atoms with Crippen molar-refractivity contribution in [3.8, 4) is 0 Å². The van der Waals surface area contributed by atoms with E-state index in [0.29, 0.717) is 13.2 Å². The summed E-state index contributed by atoms with van der Waals surface area (Å²) >= 11 is 0. The second kappa shape index (κ2) is 6.62. The van der Waals surface area contributed by atoms with Crippen molar-refractivity contribution in [1.29, 1.82) is 0 Å². The molecule has 0 aliphatic heterocycles. The van der Waals surface area contributed by atoms with Gasteiger partial charge in [0.15, 0.2) is 0 Å². The standard InChI is InChI=1S/C13H23NO3/c1-3-17-11(15)7-10-14-12(16)13(2)8-5-4-6-9-13/h3-10H2,1-2H3,(H,14,16). The Balaban J connectivity index is 2.26. The summed E-state index contributed by atoms with van der Waals surface area (Å²) in [6, 6.07) is 0. The average Bonchev–Trinajstić information content (AvgIpc) is 2.30. The zero-order chi connectivity index (χ0) is 12.7. The van der Waals surface area contributed by atoms with Crippen LogP contribution in [0.5, 0.6) is 0 Å². The van der Waals surface area contributed by atoms with Gasteiger partial charge < -0.3 is 10.1 Å². The van der Waals surface area contributed by atoms with E-state index in [1.807, 2.05) is 6.92 Å². The van der Waals surface area contributed by atoms with Crippen molar-refractivity contribution in [3.63, 3.8) is 0 Å². The molecule has 0 aromatic rings. The minimum Gasteiger partial charge on any atom is -0.466 e. The third-order valence-corrected chi connectivity index (χ3v) is 3.43. The molecule has 17 heavy (non-hydrogen) atoms. The van der Waals surface area contributed by atoms with E-state index < -0.39 is 0 Å². The molecule has 0 unspecified atom stereocenters. The summed E-state index contributed by atoms with van der Waals surface area (Å²) in [7, 11) is 0. The van der Waals surface area contributed by atoms with Gasteiger partial charge in [0.25, 0.3) is 0 Å². The van der Waals surface area contributed by atoms with Gasteiger partial charge in [-0.25, -0.2) is 0 Å². The van der Waals surface area contributed by atoms with Crippen molar-refractivity contribution >= 4 is 11.9 Å². The van der Waals surface area contributed by atoms with Crippen LogP contribution in [0.15, 0.2) is 0 Å². The van der Waals surface area contributed by atoms with Gasteiger partial charge in [-0.05, 0) is 19.8 Å². The lowest BCUT2D eigenvalue weighted by atomic mass is 9.75. The summed E-state index contributed by atoms with van der Waals surface area (Å²) in [6.45, 7) is 4.57. The van der Waals surface area contributed by atoms with Gasteiger partial charge in [0.05, 0.1) is 13.0 Å². The topological polar surface area (TPSA) is 55.4 Å². The highest BCUT2D eigenvalue weighted by molar-refractivity contribution is 5.82. The van der Waals surface area contributed by atoms with Crippen LogP contribution in [0.1, 0.15) is 52.4 Å². The van der Waals surface area contributed by atoms with Gasteiger partial charge in [0.2, 0.25) is 5.91 Å². The first kappa shape index (κ1) is 14.0. The number of rotatable bonds is 5. The number of amides is 1. The second-order valence-electron chi connectivity index (χ2n) is 4.93. The lowest BCUT2D eigenvalue weighted by Gasteiger charge is -2.31. The molecule has 4 heteroatoms. The number of hydrogen-bond acceptors (Lipinski definition) is 3. The largest absolute Gasteiger partial charge is 0.466 e. The van der Waals surface area contributed by atoms with Gasteiger partial charge in [0.1, 0.15) is 0 Å². The molecule has 98 valence electrons. The van der Waals surface area contributed by atoms with Crippen molar-refractivity contribution in [1.82, 2.24) is 5.32 Å². The molecule has 1 fully saturated rings. The maximum atomic E-state index is 12.0. The van der Waals surface area contributed by atoms with E-state index in [1.165, 1.54) is 6.42 Å². The maximum absolute atomic E-state index is 12.0. The Morgan fingerprint density at radius 3 is 2.47 bits per heavy atom. The van der Waals surface area contributed by atoms with Crippen molar-refractivity contribution in [2.24, 2.45) is 5.41 Å². The van der Waals surface area contributed by atoms with Crippen molar-refractivity contribution in [2.75, 3.05) is 13.2 Å². The van der Waals surface area contributed by atoms with Crippen LogP contribution in [0.3, 0.4) is 0 Å². The number of esters is 1. The number of hydrogen-bond donors (Lipinski definition) is 1. The van der Waals surface area contributed by atoms with Gasteiger partial charge in [0, 0.05) is 12.0 Å². The molecule has 1 rings (SSSR count). The van der Waals surface area contributed by atoms with Crippen LogP contribution in [0.4, 0.5) is 0 Å². The Morgan fingerprint density at radius 2 is 1.88 bits per heavy atom. The predicted octanol–water partition coefficient (Wildman–Crippen LogP) is 2.03. The van der Waals surface area contributed by atoms with Gasteiger partial charge in [-0.3, -0.25) is 9.59 Å². The summed E-state index contributed by atoms with van der Waals surface area (Å²) in [6.07, 6.45) is 5.65. The van der Waals surface area contributed by atoms with E-state index >= 15 is 0 Å². The SMILES string of the molecule is CCOC(=O)CCNC(=O)C1(C)CCCCC1. The fourth-order valence-electron chi connectivity index (χ4n) is 2.28. The Kier molecular flexibility index (Phi) is 5.45. The molecule has 1 amide bonds. The van der Waals surface area contributed by atoms with Crippen LogP contribution in [0, 0.1) is 5.41 Å². The number of carbonyl (C=O) groups excluding carboxylic acids is 2. The Labute approximate surface area is 103 Å². The van der Waals surface area contributed by atoms with Crippen LogP contribution >= 0.6 is 0 Å². The molecule has 0 atom stereocenters. The highest BCUT2D eigenvalue weighted by Crippen LogP contribution is 2.35. The Morgan fingerprint density at radius 1 is 1.24 bits per heavy atom. The van der Waals surface area contributed by atoms with Gasteiger partial charge in [-0.15, -0.1) is 0 Å². The zero-order valence-electron chi connectivity index (χ0n) is 10.9. The van der Waals surface area contributed by atoms with E-state index in [2.05, 4.69) is 5.32 Å². The number of ether oxygens (including phenoxy) is 1. The summed E-state index contributed by atoms with van der Waals surface area (Å²) in [5.74, 6) is -0.164. The van der Waals surface area contributed by atoms with E-state index in [-0.39, 0.29) is 23.7 Å². The molecule has 0 spiro atoms. The molecule has 1 aliphatic rings. The van der Waals surface area contributed by atoms with E-state index in [9.17, 15) is 9.59 Å². The summed E-state index contributed by atoms with van der Waals surface area (Å²) in [5, 5.41) is 2.84. The molecule has 0 bridgehead atoms. The monoisotopic (exact) mass is 241 g/mol. The third kappa shape index (κ3) is 4.36. The first-order valence-corrected chi connectivity index (χ1v) is 6.52. The lowest BCUT2D eigenvalue weighted by molar-refractivity contribution is -0.143. The molecular formula is C13H23NO3. The van der Waals surface area contributed by atoms with Crippen LogP contribution in [-0.4, -0.2) is 25.0 Å². The summed E-state index contributed by atoms with van der Waals surface area (Å²) in [4.78, 5) is 23.1. The highest BCUT2D eigenvalue weighted by Gasteiger charge is 2.34. The summed E-state index contributed by atoms with van der Waals surface area (Å²) in [5.41, 5.74) is -0.229. The fraction of sp³-hybridized carbons (Fsp3) is 0.846. The van der Waals surface area contributed by atoms with Crippen molar-refractivity contribution < 1.29 is 14.3 Å². The quantitative estimate of drug-likeness (QED) is 0.749. The van der Waals surface area contributed by atoms with E-state index in [4.69, 9.17) is 4.74 Å². The van der Waals surface area contributed by atoms with Crippen LogP contribution in [0.25, 0.3) is 0 Å². The molecular weight excluding hydrogens is 218 g/mol. The molecule has 0 radical (unpaired) electrons. The molecule has 1 saturated carbocycles. The molecule has 1 aliphatic carbocycles. The fourth-order valence-corrected chi connectivity index (χ4v) is 2.28. The predicted molar refractivity (Wildman–Crippen MR) is 65.5 cm³/mol. The molecule has 4 nitrogen and oxygen atoms in total. The Bertz CT molecular complexity index is 270. The molecule has 0 heterocycles. The summed E-state index contributed by atoms with van der Waals surface area (Å²) < 4.78 is 4.80. The normalized spacial score (nSPS) is 18.5.